The van der Waals surface area contributed by atoms with Gasteiger partial charge in [0.25, 0.3) is 0 Å². The summed E-state index contributed by atoms with van der Waals surface area (Å²) in [5, 5.41) is 12.7. The summed E-state index contributed by atoms with van der Waals surface area (Å²) < 4.78 is 2.65. The van der Waals surface area contributed by atoms with Gasteiger partial charge in [-0.15, -0.1) is 11.3 Å². The molecule has 11 aromatic rings. The van der Waals surface area contributed by atoms with Gasteiger partial charge >= 0.3 is 0 Å². The molecular weight excluding hydrogens is 695 g/mol. The molecule has 0 aliphatic carbocycles. The maximum atomic E-state index is 2.46. The van der Waals surface area contributed by atoms with E-state index in [0.29, 0.717) is 0 Å². The highest BCUT2D eigenvalue weighted by Crippen LogP contribution is 2.49. The molecule has 0 bridgehead atoms. The highest BCUT2D eigenvalue weighted by Gasteiger charge is 2.22. The highest BCUT2D eigenvalue weighted by molar-refractivity contribution is 7.26. The molecule has 0 saturated heterocycles. The first-order valence-corrected chi connectivity index (χ1v) is 20.2. The standard InChI is InChI=1S/C54H37NS/c1-34-26-32-48(40-16-5-3-14-38(34)40)55(49-33-27-35(2)39-15-4-6-17-41(39)49)37-30-28-36(29-31-37)52-42-18-7-9-20-44(42)53(45-21-10-8-19-43(45)52)47-23-13-25-51-54(47)46-22-11-12-24-50(46)56-51/h3-33H,1-2H3. The predicted molar refractivity (Wildman–Crippen MR) is 244 cm³/mol. The number of aryl methyl sites for hydroxylation is 2. The largest absolute Gasteiger partial charge is 0.309 e. The van der Waals surface area contributed by atoms with E-state index in [1.54, 1.807) is 0 Å². The summed E-state index contributed by atoms with van der Waals surface area (Å²) >= 11 is 1.88. The number of rotatable bonds is 5. The maximum Gasteiger partial charge on any atom is 0.0540 e. The van der Waals surface area contributed by atoms with Crippen LogP contribution >= 0.6 is 11.3 Å². The van der Waals surface area contributed by atoms with Gasteiger partial charge in [-0.05, 0) is 116 Å². The summed E-state index contributed by atoms with van der Waals surface area (Å²) in [7, 11) is 0. The Morgan fingerprint density at radius 1 is 0.339 bits per heavy atom. The highest BCUT2D eigenvalue weighted by atomic mass is 32.1. The molecule has 0 spiro atoms. The minimum Gasteiger partial charge on any atom is -0.309 e. The Morgan fingerprint density at radius 2 is 0.786 bits per heavy atom. The van der Waals surface area contributed by atoms with Crippen molar-refractivity contribution in [3.05, 3.63) is 199 Å². The van der Waals surface area contributed by atoms with Gasteiger partial charge in [0.05, 0.1) is 11.4 Å². The maximum absolute atomic E-state index is 2.46. The lowest BCUT2D eigenvalue weighted by atomic mass is 9.85. The topological polar surface area (TPSA) is 3.24 Å². The van der Waals surface area contributed by atoms with Crippen molar-refractivity contribution < 1.29 is 0 Å². The molecule has 0 amide bonds. The van der Waals surface area contributed by atoms with Crippen LogP contribution in [0.25, 0.3) is 85.5 Å². The quantitative estimate of drug-likeness (QED) is 0.159. The molecule has 0 aliphatic rings. The van der Waals surface area contributed by atoms with Crippen molar-refractivity contribution >= 4 is 91.7 Å². The van der Waals surface area contributed by atoms with Crippen LogP contribution in [0.5, 0.6) is 0 Å². The van der Waals surface area contributed by atoms with Crippen molar-refractivity contribution in [3.63, 3.8) is 0 Å². The average molecular weight is 732 g/mol. The lowest BCUT2D eigenvalue weighted by Crippen LogP contribution is -2.11. The Hall–Kier alpha value is -6.74. The van der Waals surface area contributed by atoms with Gasteiger partial charge in [-0.25, -0.2) is 0 Å². The number of thiophene rings is 1. The van der Waals surface area contributed by atoms with Crippen molar-refractivity contribution in [1.29, 1.82) is 0 Å². The fourth-order valence-corrected chi connectivity index (χ4v) is 10.3. The van der Waals surface area contributed by atoms with E-state index in [-0.39, 0.29) is 0 Å². The van der Waals surface area contributed by atoms with Gasteiger partial charge in [-0.1, -0.05) is 152 Å². The van der Waals surface area contributed by atoms with Gasteiger partial charge in [0.2, 0.25) is 0 Å². The molecule has 0 fully saturated rings. The zero-order chi connectivity index (χ0) is 37.3. The Morgan fingerprint density at radius 3 is 1.34 bits per heavy atom. The third-order valence-electron chi connectivity index (χ3n) is 11.7. The first-order chi connectivity index (χ1) is 27.6. The molecule has 0 saturated carbocycles. The molecule has 1 heterocycles. The summed E-state index contributed by atoms with van der Waals surface area (Å²) in [4.78, 5) is 2.46. The average Bonchev–Trinajstić information content (AvgIpc) is 3.64. The van der Waals surface area contributed by atoms with E-state index in [9.17, 15) is 0 Å². The Kier molecular flexibility index (Phi) is 7.55. The predicted octanol–water partition coefficient (Wildman–Crippen LogP) is 16.1. The lowest BCUT2D eigenvalue weighted by Gasteiger charge is -2.29. The van der Waals surface area contributed by atoms with Crippen LogP contribution in [0.2, 0.25) is 0 Å². The number of nitrogens with zero attached hydrogens (tertiary/aromatic N) is 1. The first-order valence-electron chi connectivity index (χ1n) is 19.4. The SMILES string of the molecule is Cc1ccc(N(c2ccc(-c3c4ccccc4c(-c4cccc5sc6ccccc6c45)c4ccccc34)cc2)c2ccc(C)c3ccccc23)c2ccccc12. The van der Waals surface area contributed by atoms with Gasteiger partial charge < -0.3 is 4.90 Å². The molecule has 11 rings (SSSR count). The van der Waals surface area contributed by atoms with E-state index < -0.39 is 0 Å². The van der Waals surface area contributed by atoms with Crippen LogP contribution in [0, 0.1) is 13.8 Å². The number of benzene rings is 10. The Labute approximate surface area is 330 Å². The summed E-state index contributed by atoms with van der Waals surface area (Å²) in [5.74, 6) is 0. The van der Waals surface area contributed by atoms with Crippen molar-refractivity contribution in [2.24, 2.45) is 0 Å². The van der Waals surface area contributed by atoms with Gasteiger partial charge in [0.1, 0.15) is 0 Å². The van der Waals surface area contributed by atoms with Crippen LogP contribution in [0.15, 0.2) is 188 Å². The minimum atomic E-state index is 1.12. The third kappa shape index (κ3) is 5.00. The van der Waals surface area contributed by atoms with Gasteiger partial charge in [-0.2, -0.15) is 0 Å². The summed E-state index contributed by atoms with van der Waals surface area (Å²) in [6.45, 7) is 4.41. The van der Waals surface area contributed by atoms with E-state index >= 15 is 0 Å². The van der Waals surface area contributed by atoms with E-state index in [0.717, 1.165) is 5.69 Å². The van der Waals surface area contributed by atoms with Crippen LogP contribution in [0.3, 0.4) is 0 Å². The van der Waals surface area contributed by atoms with Crippen LogP contribution < -0.4 is 4.90 Å². The monoisotopic (exact) mass is 731 g/mol. The zero-order valence-corrected chi connectivity index (χ0v) is 32.1. The third-order valence-corrected chi connectivity index (χ3v) is 12.9. The minimum absolute atomic E-state index is 1.12. The van der Waals surface area contributed by atoms with Crippen molar-refractivity contribution in [2.75, 3.05) is 4.90 Å². The van der Waals surface area contributed by atoms with Crippen LogP contribution in [-0.4, -0.2) is 0 Å². The first kappa shape index (κ1) is 32.7. The fourth-order valence-electron chi connectivity index (χ4n) is 9.16. The number of hydrogen-bond donors (Lipinski definition) is 0. The zero-order valence-electron chi connectivity index (χ0n) is 31.3. The van der Waals surface area contributed by atoms with Crippen molar-refractivity contribution in [3.8, 4) is 22.3 Å². The Bertz CT molecular complexity index is 3190. The van der Waals surface area contributed by atoms with Crippen molar-refractivity contribution in [2.45, 2.75) is 13.8 Å². The second kappa shape index (κ2) is 12.9. The van der Waals surface area contributed by atoms with Crippen LogP contribution in [-0.2, 0) is 0 Å². The number of hydrogen-bond acceptors (Lipinski definition) is 2. The number of anilines is 3. The molecule has 0 N–H and O–H groups in total. The summed E-state index contributed by atoms with van der Waals surface area (Å²) in [6, 6.07) is 69.6. The molecule has 0 aliphatic heterocycles. The van der Waals surface area contributed by atoms with E-state index in [2.05, 4.69) is 207 Å². The van der Waals surface area contributed by atoms with E-state index in [1.807, 2.05) is 11.3 Å². The molecular formula is C54H37NS. The van der Waals surface area contributed by atoms with E-state index in [4.69, 9.17) is 0 Å². The molecule has 1 nitrogen and oxygen atoms in total. The molecule has 264 valence electrons. The normalized spacial score (nSPS) is 11.8. The molecule has 56 heavy (non-hydrogen) atoms. The van der Waals surface area contributed by atoms with Crippen LogP contribution in [0.4, 0.5) is 17.1 Å². The molecule has 1 aromatic heterocycles. The van der Waals surface area contributed by atoms with E-state index in [1.165, 1.54) is 108 Å². The molecule has 10 aromatic carbocycles. The summed E-state index contributed by atoms with van der Waals surface area (Å²) in [6.07, 6.45) is 0. The summed E-state index contributed by atoms with van der Waals surface area (Å²) in [5.41, 5.74) is 11.1. The molecule has 0 radical (unpaired) electrons. The smallest absolute Gasteiger partial charge is 0.0540 e. The lowest BCUT2D eigenvalue weighted by molar-refractivity contribution is 1.30. The second-order valence-electron chi connectivity index (χ2n) is 14.9. The van der Waals surface area contributed by atoms with Crippen LogP contribution in [0.1, 0.15) is 11.1 Å². The second-order valence-corrected chi connectivity index (χ2v) is 16.0. The molecule has 0 atom stereocenters. The number of fused-ring (bicyclic) bond motifs is 7. The molecule has 2 heteroatoms. The van der Waals surface area contributed by atoms with Crippen molar-refractivity contribution in [1.82, 2.24) is 0 Å². The van der Waals surface area contributed by atoms with Gasteiger partial charge in [0, 0.05) is 36.6 Å². The molecule has 0 unspecified atom stereocenters. The van der Waals surface area contributed by atoms with Gasteiger partial charge in [-0.3, -0.25) is 0 Å². The van der Waals surface area contributed by atoms with Gasteiger partial charge in [0.15, 0.2) is 0 Å². The fraction of sp³-hybridized carbons (Fsp3) is 0.0370. The Balaban J connectivity index is 1.14.